The number of benzene rings is 3. The van der Waals surface area contributed by atoms with Gasteiger partial charge in [-0.15, -0.1) is 5.06 Å². The first-order valence-electron chi connectivity index (χ1n) is 12.5. The maximum Gasteiger partial charge on any atom is 0.416 e. The van der Waals surface area contributed by atoms with Gasteiger partial charge in [0.2, 0.25) is 0 Å². The molecule has 3 aromatic carbocycles. The van der Waals surface area contributed by atoms with Gasteiger partial charge in [0.25, 0.3) is 0 Å². The summed E-state index contributed by atoms with van der Waals surface area (Å²) in [6, 6.07) is 20.8. The van der Waals surface area contributed by atoms with Crippen LogP contribution in [0.25, 0.3) is 0 Å². The number of carbonyl (C=O) groups excluding carboxylic acids is 1. The number of hydroxylamine groups is 2. The van der Waals surface area contributed by atoms with Crippen LogP contribution in [0, 0.1) is 11.8 Å². The molecule has 3 nitrogen and oxygen atoms in total. The normalized spacial score (nSPS) is 11.2. The van der Waals surface area contributed by atoms with Crippen LogP contribution < -0.4 is 0 Å². The minimum absolute atomic E-state index is 0.161. The van der Waals surface area contributed by atoms with E-state index >= 15 is 0 Å². The van der Waals surface area contributed by atoms with Crippen molar-refractivity contribution >= 4 is 5.97 Å². The van der Waals surface area contributed by atoms with Gasteiger partial charge in [0, 0.05) is 18.1 Å². The molecule has 0 fully saturated rings. The van der Waals surface area contributed by atoms with Crippen molar-refractivity contribution in [3.63, 3.8) is 0 Å². The van der Waals surface area contributed by atoms with E-state index in [2.05, 4.69) is 43.0 Å². The van der Waals surface area contributed by atoms with Crippen LogP contribution in [0.1, 0.15) is 72.9 Å². The summed E-state index contributed by atoms with van der Waals surface area (Å²) in [4.78, 5) is 16.8. The molecule has 0 saturated carbocycles. The Morgan fingerprint density at radius 1 is 0.757 bits per heavy atom. The van der Waals surface area contributed by atoms with Gasteiger partial charge in [-0.05, 0) is 65.9 Å². The highest BCUT2D eigenvalue weighted by Gasteiger charge is 2.30. The molecule has 0 saturated heterocycles. The summed E-state index contributed by atoms with van der Waals surface area (Å²) in [5.41, 5.74) is 3.91. The Bertz CT molecular complexity index is 1190. The molecule has 0 atom stereocenters. The zero-order valence-electron chi connectivity index (χ0n) is 21.3. The molecule has 37 heavy (non-hydrogen) atoms. The zero-order chi connectivity index (χ0) is 26.7. The fourth-order valence-corrected chi connectivity index (χ4v) is 3.86. The molecule has 0 amide bonds. The Kier molecular flexibility index (Phi) is 10.3. The number of hydrogen-bond acceptors (Lipinski definition) is 3. The molecule has 0 aliphatic rings. The average molecular weight is 508 g/mol. The van der Waals surface area contributed by atoms with Crippen LogP contribution >= 0.6 is 0 Å². The molecule has 0 spiro atoms. The number of rotatable bonds is 10. The van der Waals surface area contributed by atoms with Gasteiger partial charge < -0.3 is 4.84 Å². The fraction of sp³-hybridized carbons (Fsp3) is 0.323. The first-order valence-corrected chi connectivity index (χ1v) is 12.5. The Labute approximate surface area is 217 Å². The van der Waals surface area contributed by atoms with E-state index < -0.39 is 17.7 Å². The maximum absolute atomic E-state index is 12.8. The highest BCUT2D eigenvalue weighted by atomic mass is 19.4. The number of hydrogen-bond donors (Lipinski definition) is 0. The van der Waals surface area contributed by atoms with Crippen molar-refractivity contribution in [1.82, 2.24) is 5.06 Å². The maximum atomic E-state index is 12.8. The third-order valence-corrected chi connectivity index (χ3v) is 5.83. The molecule has 3 aromatic rings. The van der Waals surface area contributed by atoms with Gasteiger partial charge in [-0.1, -0.05) is 74.4 Å². The second-order valence-electron chi connectivity index (χ2n) is 9.03. The monoisotopic (exact) mass is 507 g/mol. The molecule has 3 rings (SSSR count). The minimum Gasteiger partial charge on any atom is -0.368 e. The topological polar surface area (TPSA) is 29.5 Å². The van der Waals surface area contributed by atoms with Gasteiger partial charge in [-0.2, -0.15) is 13.2 Å². The summed E-state index contributed by atoms with van der Waals surface area (Å²) in [5.74, 6) is 5.86. The molecular formula is C31H32F3NO2. The number of unbranched alkanes of at least 4 members (excludes halogenated alkanes) is 3. The lowest BCUT2D eigenvalue weighted by atomic mass is 10.0. The van der Waals surface area contributed by atoms with Gasteiger partial charge in [0.05, 0.1) is 18.7 Å². The summed E-state index contributed by atoms with van der Waals surface area (Å²) >= 11 is 0. The number of carbonyl (C=O) groups is 1. The Hall–Kier alpha value is -3.56. The van der Waals surface area contributed by atoms with Crippen LogP contribution in [0.15, 0.2) is 72.8 Å². The van der Waals surface area contributed by atoms with Gasteiger partial charge >= 0.3 is 12.1 Å². The molecule has 6 heteroatoms. The molecule has 0 unspecified atom stereocenters. The zero-order valence-corrected chi connectivity index (χ0v) is 21.3. The van der Waals surface area contributed by atoms with Crippen LogP contribution in [-0.4, -0.2) is 11.0 Å². The number of halogens is 3. The quantitative estimate of drug-likeness (QED) is 0.160. The van der Waals surface area contributed by atoms with Crippen molar-refractivity contribution < 1.29 is 22.8 Å². The van der Waals surface area contributed by atoms with E-state index in [9.17, 15) is 18.0 Å². The van der Waals surface area contributed by atoms with E-state index in [4.69, 9.17) is 4.84 Å². The lowest BCUT2D eigenvalue weighted by Gasteiger charge is -2.21. The lowest BCUT2D eigenvalue weighted by molar-refractivity contribution is -0.194. The molecular weight excluding hydrogens is 475 g/mol. The molecule has 0 heterocycles. The highest BCUT2D eigenvalue weighted by Crippen LogP contribution is 2.29. The van der Waals surface area contributed by atoms with E-state index in [1.54, 1.807) is 0 Å². The van der Waals surface area contributed by atoms with Crippen molar-refractivity contribution in [3.8, 4) is 11.8 Å². The molecule has 194 valence electrons. The van der Waals surface area contributed by atoms with E-state index in [0.29, 0.717) is 5.56 Å². The number of nitrogens with zero attached hydrogens (tertiary/aromatic N) is 1. The third kappa shape index (κ3) is 9.78. The van der Waals surface area contributed by atoms with Crippen molar-refractivity contribution in [1.29, 1.82) is 0 Å². The predicted molar refractivity (Wildman–Crippen MR) is 139 cm³/mol. The first kappa shape index (κ1) is 28.0. The standard InChI is InChI=1S/C31H32F3NO2/c1-3-4-5-6-7-25-8-10-26(11-9-25)12-13-27-14-16-28(17-15-27)22-35(37-24(2)36)23-29-18-20-30(21-19-29)31(32,33)34/h8-11,14-21H,3-7,22-23H2,1-2H3. The Morgan fingerprint density at radius 3 is 1.70 bits per heavy atom. The smallest absolute Gasteiger partial charge is 0.368 e. The fourth-order valence-electron chi connectivity index (χ4n) is 3.86. The summed E-state index contributed by atoms with van der Waals surface area (Å²) in [5, 5.41) is 1.43. The van der Waals surface area contributed by atoms with Gasteiger partial charge in [0.1, 0.15) is 0 Å². The molecule has 0 aliphatic carbocycles. The second kappa shape index (κ2) is 13.7. The van der Waals surface area contributed by atoms with Crippen molar-refractivity contribution in [3.05, 3.63) is 106 Å². The van der Waals surface area contributed by atoms with Crippen LogP contribution in [-0.2, 0) is 35.3 Å². The largest absolute Gasteiger partial charge is 0.416 e. The summed E-state index contributed by atoms with van der Waals surface area (Å²) in [6.45, 7) is 3.95. The third-order valence-electron chi connectivity index (χ3n) is 5.83. The van der Waals surface area contributed by atoms with E-state index in [-0.39, 0.29) is 13.1 Å². The lowest BCUT2D eigenvalue weighted by Crippen LogP contribution is -2.25. The summed E-state index contributed by atoms with van der Waals surface area (Å²) in [6.07, 6.45) is 1.70. The Balaban J connectivity index is 1.59. The second-order valence-corrected chi connectivity index (χ2v) is 9.03. The van der Waals surface area contributed by atoms with Gasteiger partial charge in [-0.3, -0.25) is 4.79 Å². The van der Waals surface area contributed by atoms with Crippen LogP contribution in [0.2, 0.25) is 0 Å². The van der Waals surface area contributed by atoms with Crippen molar-refractivity contribution in [2.24, 2.45) is 0 Å². The molecule has 0 radical (unpaired) electrons. The van der Waals surface area contributed by atoms with E-state index in [1.165, 1.54) is 55.4 Å². The summed E-state index contributed by atoms with van der Waals surface area (Å²) in [7, 11) is 0. The van der Waals surface area contributed by atoms with E-state index in [1.807, 2.05) is 24.3 Å². The van der Waals surface area contributed by atoms with Crippen LogP contribution in [0.4, 0.5) is 13.2 Å². The molecule has 0 aromatic heterocycles. The number of aryl methyl sites for hydroxylation is 1. The van der Waals surface area contributed by atoms with Crippen LogP contribution in [0.5, 0.6) is 0 Å². The minimum atomic E-state index is -4.39. The highest BCUT2D eigenvalue weighted by molar-refractivity contribution is 5.65. The van der Waals surface area contributed by atoms with E-state index in [0.717, 1.165) is 35.2 Å². The predicted octanol–water partition coefficient (Wildman–Crippen LogP) is 7.71. The van der Waals surface area contributed by atoms with Gasteiger partial charge in [-0.25, -0.2) is 0 Å². The summed E-state index contributed by atoms with van der Waals surface area (Å²) < 4.78 is 38.4. The van der Waals surface area contributed by atoms with Crippen molar-refractivity contribution in [2.45, 2.75) is 65.2 Å². The molecule has 0 aliphatic heterocycles. The van der Waals surface area contributed by atoms with Gasteiger partial charge in [0.15, 0.2) is 0 Å². The molecule has 0 N–H and O–H groups in total. The molecule has 0 bridgehead atoms. The number of alkyl halides is 3. The SMILES string of the molecule is CCCCCCc1ccc(C#Cc2ccc(CN(Cc3ccc(C(F)(F)F)cc3)OC(C)=O)cc2)cc1. The Morgan fingerprint density at radius 2 is 1.24 bits per heavy atom. The first-order chi connectivity index (χ1) is 17.7. The van der Waals surface area contributed by atoms with Crippen molar-refractivity contribution in [2.75, 3.05) is 0 Å². The average Bonchev–Trinajstić information content (AvgIpc) is 2.86. The van der Waals surface area contributed by atoms with Crippen LogP contribution in [0.3, 0.4) is 0 Å².